The van der Waals surface area contributed by atoms with Crippen molar-refractivity contribution in [2.45, 2.75) is 0 Å². The van der Waals surface area contributed by atoms with Crippen molar-refractivity contribution in [3.8, 4) is 22.8 Å². The smallest absolute Gasteiger partial charge is 0.253 e. The largest absolute Gasteiger partial charge is 0.502 e. The zero-order chi connectivity index (χ0) is 15.1. The summed E-state index contributed by atoms with van der Waals surface area (Å²) in [7, 11) is -3.75. The monoisotopic (exact) mass is 321 g/mol. The van der Waals surface area contributed by atoms with Crippen LogP contribution in [0.15, 0.2) is 22.6 Å². The second-order valence-electron chi connectivity index (χ2n) is 3.93. The summed E-state index contributed by atoms with van der Waals surface area (Å²) < 4.78 is 42.7. The number of nitrogens with one attached hydrogen (secondary N) is 1. The van der Waals surface area contributed by atoms with E-state index in [1.807, 2.05) is 4.72 Å². The maximum atomic E-state index is 13.7. The highest BCUT2D eigenvalue weighted by Crippen LogP contribution is 2.47. The summed E-state index contributed by atoms with van der Waals surface area (Å²) in [4.78, 5) is 0. The van der Waals surface area contributed by atoms with Crippen molar-refractivity contribution in [2.24, 2.45) is 0 Å². The summed E-state index contributed by atoms with van der Waals surface area (Å²) in [6, 6.07) is 3.77. The highest BCUT2D eigenvalue weighted by atomic mass is 35.5. The Morgan fingerprint density at radius 3 is 2.50 bits per heavy atom. The van der Waals surface area contributed by atoms with Crippen LogP contribution in [0, 0.1) is 5.82 Å². The van der Waals surface area contributed by atoms with Gasteiger partial charge in [-0.15, -0.1) is 0 Å². The standard InChI is InChI=1S/C11H9ClFNO5S/c1-20(17,18)14-11-9(16)8(15)10(19-11)7-5(12)3-2-4-6(7)13/h2-4,14-16H,1H3. The van der Waals surface area contributed by atoms with Crippen molar-refractivity contribution in [1.29, 1.82) is 0 Å². The van der Waals surface area contributed by atoms with Crippen LogP contribution < -0.4 is 4.72 Å². The van der Waals surface area contributed by atoms with Crippen LogP contribution in [-0.4, -0.2) is 24.9 Å². The zero-order valence-corrected chi connectivity index (χ0v) is 11.6. The van der Waals surface area contributed by atoms with E-state index in [1.54, 1.807) is 0 Å². The van der Waals surface area contributed by atoms with E-state index in [2.05, 4.69) is 0 Å². The molecule has 0 saturated heterocycles. The van der Waals surface area contributed by atoms with Crippen molar-refractivity contribution in [1.82, 2.24) is 0 Å². The lowest BCUT2D eigenvalue weighted by molar-refractivity contribution is 0.410. The van der Waals surface area contributed by atoms with Gasteiger partial charge in [-0.05, 0) is 12.1 Å². The summed E-state index contributed by atoms with van der Waals surface area (Å²) in [5.41, 5.74) is -0.288. The molecule has 0 bridgehead atoms. The number of anilines is 1. The maximum Gasteiger partial charge on any atom is 0.253 e. The number of sulfonamides is 1. The van der Waals surface area contributed by atoms with Crippen LogP contribution in [0.5, 0.6) is 11.5 Å². The average molecular weight is 322 g/mol. The zero-order valence-electron chi connectivity index (χ0n) is 10.0. The van der Waals surface area contributed by atoms with E-state index >= 15 is 0 Å². The molecule has 0 saturated carbocycles. The van der Waals surface area contributed by atoms with E-state index in [4.69, 9.17) is 16.0 Å². The Morgan fingerprint density at radius 1 is 1.30 bits per heavy atom. The number of hydrogen-bond acceptors (Lipinski definition) is 5. The quantitative estimate of drug-likeness (QED) is 0.806. The molecule has 0 atom stereocenters. The van der Waals surface area contributed by atoms with Crippen molar-refractivity contribution >= 4 is 27.5 Å². The molecule has 0 spiro atoms. The fourth-order valence-electron chi connectivity index (χ4n) is 1.54. The van der Waals surface area contributed by atoms with Gasteiger partial charge in [0, 0.05) is 0 Å². The van der Waals surface area contributed by atoms with Crippen LogP contribution in [0.4, 0.5) is 10.3 Å². The Hall–Kier alpha value is -1.93. The van der Waals surface area contributed by atoms with Crippen LogP contribution in [0.3, 0.4) is 0 Å². The molecule has 9 heteroatoms. The minimum Gasteiger partial charge on any atom is -0.502 e. The number of halogens is 2. The van der Waals surface area contributed by atoms with Crippen molar-refractivity contribution in [2.75, 3.05) is 11.0 Å². The predicted octanol–water partition coefficient (Wildman–Crippen LogP) is 2.52. The van der Waals surface area contributed by atoms with Crippen LogP contribution in [0.2, 0.25) is 5.02 Å². The summed E-state index contributed by atoms with van der Waals surface area (Å²) in [5, 5.41) is 19.2. The molecule has 0 aliphatic rings. The van der Waals surface area contributed by atoms with E-state index in [0.717, 1.165) is 12.3 Å². The molecule has 0 amide bonds. The molecule has 0 unspecified atom stereocenters. The lowest BCUT2D eigenvalue weighted by Crippen LogP contribution is -2.08. The first-order chi connectivity index (χ1) is 9.20. The maximum absolute atomic E-state index is 13.7. The van der Waals surface area contributed by atoms with Crippen LogP contribution in [0.1, 0.15) is 0 Å². The van der Waals surface area contributed by atoms with E-state index < -0.39 is 39.0 Å². The molecule has 0 fully saturated rings. The molecule has 1 heterocycles. The Kier molecular flexibility index (Phi) is 3.53. The Labute approximate surface area is 118 Å². The summed E-state index contributed by atoms with van der Waals surface area (Å²) in [5.74, 6) is -3.57. The van der Waals surface area contributed by atoms with Gasteiger partial charge < -0.3 is 14.6 Å². The Morgan fingerprint density at radius 2 is 1.95 bits per heavy atom. The molecule has 0 radical (unpaired) electrons. The third-order valence-corrected chi connectivity index (χ3v) is 3.20. The molecule has 1 aromatic heterocycles. The molecular formula is C11H9ClFNO5S. The van der Waals surface area contributed by atoms with Crippen molar-refractivity contribution < 1.29 is 27.4 Å². The molecule has 0 aliphatic carbocycles. The highest BCUT2D eigenvalue weighted by Gasteiger charge is 2.26. The van der Waals surface area contributed by atoms with Gasteiger partial charge >= 0.3 is 0 Å². The molecule has 108 valence electrons. The molecular weight excluding hydrogens is 313 g/mol. The predicted molar refractivity (Wildman–Crippen MR) is 70.9 cm³/mol. The highest BCUT2D eigenvalue weighted by molar-refractivity contribution is 7.92. The molecule has 2 rings (SSSR count). The summed E-state index contributed by atoms with van der Waals surface area (Å²) in [6.07, 6.45) is 0.821. The Bertz CT molecular complexity index is 751. The first kappa shape index (κ1) is 14.5. The van der Waals surface area contributed by atoms with E-state index in [0.29, 0.717) is 0 Å². The fraction of sp³-hybridized carbons (Fsp3) is 0.0909. The SMILES string of the molecule is CS(=O)(=O)Nc1oc(-c2c(F)cccc2Cl)c(O)c1O. The number of hydrogen-bond donors (Lipinski definition) is 3. The van der Waals surface area contributed by atoms with Gasteiger partial charge in [-0.2, -0.15) is 0 Å². The lowest BCUT2D eigenvalue weighted by Gasteiger charge is -2.02. The average Bonchev–Trinajstić information content (AvgIpc) is 2.56. The van der Waals surface area contributed by atoms with Gasteiger partial charge in [-0.25, -0.2) is 12.8 Å². The third-order valence-electron chi connectivity index (χ3n) is 2.33. The molecule has 2 aromatic rings. The van der Waals surface area contributed by atoms with Crippen LogP contribution in [0.25, 0.3) is 11.3 Å². The van der Waals surface area contributed by atoms with Gasteiger partial charge in [0.1, 0.15) is 5.82 Å². The van der Waals surface area contributed by atoms with Crippen LogP contribution >= 0.6 is 11.6 Å². The van der Waals surface area contributed by atoms with Crippen molar-refractivity contribution in [3.63, 3.8) is 0 Å². The molecule has 6 nitrogen and oxygen atoms in total. The van der Waals surface area contributed by atoms with Gasteiger partial charge in [0.25, 0.3) is 5.88 Å². The van der Waals surface area contributed by atoms with Gasteiger partial charge in [0.15, 0.2) is 5.76 Å². The van der Waals surface area contributed by atoms with Gasteiger partial charge in [-0.1, -0.05) is 17.7 Å². The fourth-order valence-corrected chi connectivity index (χ4v) is 2.26. The summed E-state index contributed by atoms with van der Waals surface area (Å²) >= 11 is 5.80. The molecule has 3 N–H and O–H groups in total. The number of benzene rings is 1. The van der Waals surface area contributed by atoms with Gasteiger partial charge in [0.2, 0.25) is 21.5 Å². The topological polar surface area (TPSA) is 99.8 Å². The second-order valence-corrected chi connectivity index (χ2v) is 6.08. The molecule has 0 aliphatic heterocycles. The van der Waals surface area contributed by atoms with Crippen molar-refractivity contribution in [3.05, 3.63) is 29.0 Å². The minimum absolute atomic E-state index is 0.0695. The molecule has 20 heavy (non-hydrogen) atoms. The van der Waals surface area contributed by atoms with Crippen LogP contribution in [-0.2, 0) is 10.0 Å². The van der Waals surface area contributed by atoms with E-state index in [-0.39, 0.29) is 10.6 Å². The van der Waals surface area contributed by atoms with E-state index in [9.17, 15) is 23.0 Å². The van der Waals surface area contributed by atoms with E-state index in [1.165, 1.54) is 12.1 Å². The van der Waals surface area contributed by atoms with Gasteiger partial charge in [0.05, 0.1) is 16.8 Å². The first-order valence-corrected chi connectivity index (χ1v) is 7.44. The number of aromatic hydroxyl groups is 2. The number of rotatable bonds is 3. The lowest BCUT2D eigenvalue weighted by atomic mass is 10.1. The molecule has 1 aromatic carbocycles. The Balaban J connectivity index is 2.63. The normalized spacial score (nSPS) is 11.6. The van der Waals surface area contributed by atoms with Gasteiger partial charge in [-0.3, -0.25) is 4.72 Å². The first-order valence-electron chi connectivity index (χ1n) is 5.17. The summed E-state index contributed by atoms with van der Waals surface area (Å²) in [6.45, 7) is 0. The number of furan rings is 1. The second kappa shape index (κ2) is 4.88. The third kappa shape index (κ3) is 2.66. The minimum atomic E-state index is -3.75.